The molecule has 6 N–H and O–H groups in total. The first-order valence-electron chi connectivity index (χ1n) is 12.5. The summed E-state index contributed by atoms with van der Waals surface area (Å²) in [4.78, 5) is 46.7. The van der Waals surface area contributed by atoms with Gasteiger partial charge in [0.25, 0.3) is 5.91 Å². The number of urea groups is 1. The summed E-state index contributed by atoms with van der Waals surface area (Å²) in [7, 11) is 0. The molecule has 204 valence electrons. The van der Waals surface area contributed by atoms with Crippen LogP contribution in [0, 0.1) is 16.7 Å². The SMILES string of the molecule is CC1CN(C(=O)N2CCC(O)C2)C(=O)C1c1nc(NCc2ccc(C(=N)N)cc2)n(C(=O)C(C)(C)CO)n1. The molecule has 0 aliphatic carbocycles. The summed E-state index contributed by atoms with van der Waals surface area (Å²) in [5.41, 5.74) is 5.76. The number of aliphatic hydroxyl groups excluding tert-OH is 2. The minimum absolute atomic E-state index is 0.0467. The Morgan fingerprint density at radius 2 is 1.92 bits per heavy atom. The molecule has 0 saturated carbocycles. The lowest BCUT2D eigenvalue weighted by molar-refractivity contribution is -0.127. The highest BCUT2D eigenvalue weighted by atomic mass is 16.3. The number of carbonyl (C=O) groups excluding carboxylic acids is 3. The van der Waals surface area contributed by atoms with E-state index in [1.54, 1.807) is 38.1 Å². The zero-order valence-electron chi connectivity index (χ0n) is 21.7. The van der Waals surface area contributed by atoms with Crippen LogP contribution in [0.5, 0.6) is 0 Å². The van der Waals surface area contributed by atoms with Gasteiger partial charge in [-0.25, -0.2) is 4.79 Å². The van der Waals surface area contributed by atoms with Crippen molar-refractivity contribution in [1.82, 2.24) is 24.6 Å². The second-order valence-electron chi connectivity index (χ2n) is 10.6. The van der Waals surface area contributed by atoms with Gasteiger partial charge in [-0.15, -0.1) is 5.10 Å². The monoisotopic (exact) mass is 526 g/mol. The van der Waals surface area contributed by atoms with Crippen LogP contribution in [0.25, 0.3) is 0 Å². The molecule has 2 aliphatic heterocycles. The third-order valence-corrected chi connectivity index (χ3v) is 7.02. The fraction of sp³-hybridized carbons (Fsp3) is 0.520. The van der Waals surface area contributed by atoms with Gasteiger partial charge in [0, 0.05) is 31.7 Å². The number of rotatable bonds is 7. The van der Waals surface area contributed by atoms with Gasteiger partial charge in [0.05, 0.1) is 18.1 Å². The van der Waals surface area contributed by atoms with Crippen molar-refractivity contribution in [3.63, 3.8) is 0 Å². The van der Waals surface area contributed by atoms with E-state index in [-0.39, 0.29) is 43.2 Å². The van der Waals surface area contributed by atoms with Crippen molar-refractivity contribution < 1.29 is 24.6 Å². The van der Waals surface area contributed by atoms with Gasteiger partial charge in [-0.2, -0.15) is 9.67 Å². The number of nitrogen functional groups attached to an aromatic ring is 1. The minimum Gasteiger partial charge on any atom is -0.395 e. The number of imide groups is 1. The molecule has 3 amide bonds. The second-order valence-corrected chi connectivity index (χ2v) is 10.6. The predicted octanol–water partition coefficient (Wildman–Crippen LogP) is 0.581. The number of nitrogens with zero attached hydrogens (tertiary/aromatic N) is 5. The first-order chi connectivity index (χ1) is 17.9. The van der Waals surface area contributed by atoms with E-state index < -0.39 is 41.9 Å². The van der Waals surface area contributed by atoms with Gasteiger partial charge in [0.15, 0.2) is 5.82 Å². The van der Waals surface area contributed by atoms with Crippen molar-refractivity contribution in [3.8, 4) is 0 Å². The van der Waals surface area contributed by atoms with Crippen LogP contribution in [-0.2, 0) is 11.3 Å². The Morgan fingerprint density at radius 3 is 2.50 bits per heavy atom. The van der Waals surface area contributed by atoms with Gasteiger partial charge < -0.3 is 26.2 Å². The van der Waals surface area contributed by atoms with Crippen molar-refractivity contribution in [3.05, 3.63) is 41.2 Å². The van der Waals surface area contributed by atoms with E-state index in [0.29, 0.717) is 18.5 Å². The lowest BCUT2D eigenvalue weighted by atomic mass is 9.94. The molecule has 38 heavy (non-hydrogen) atoms. The lowest BCUT2D eigenvalue weighted by Gasteiger charge is -2.22. The molecule has 0 bridgehead atoms. The Morgan fingerprint density at radius 1 is 1.24 bits per heavy atom. The normalized spacial score (nSPS) is 21.7. The van der Waals surface area contributed by atoms with Crippen molar-refractivity contribution in [2.75, 3.05) is 31.6 Å². The van der Waals surface area contributed by atoms with Crippen LogP contribution in [0.2, 0.25) is 0 Å². The Bertz CT molecular complexity index is 1240. The predicted molar refractivity (Wildman–Crippen MR) is 138 cm³/mol. The van der Waals surface area contributed by atoms with Crippen LogP contribution >= 0.6 is 0 Å². The molecule has 0 radical (unpaired) electrons. The van der Waals surface area contributed by atoms with E-state index in [1.807, 2.05) is 6.92 Å². The summed E-state index contributed by atoms with van der Waals surface area (Å²) in [6, 6.07) is 6.53. The number of hydrogen-bond acceptors (Lipinski definition) is 9. The van der Waals surface area contributed by atoms with Gasteiger partial charge in [0.2, 0.25) is 11.9 Å². The largest absolute Gasteiger partial charge is 0.395 e. The van der Waals surface area contributed by atoms with Gasteiger partial charge in [-0.05, 0) is 31.7 Å². The van der Waals surface area contributed by atoms with Gasteiger partial charge in [-0.3, -0.25) is 19.9 Å². The van der Waals surface area contributed by atoms with E-state index >= 15 is 0 Å². The highest BCUT2D eigenvalue weighted by Gasteiger charge is 2.46. The molecule has 3 heterocycles. The quantitative estimate of drug-likeness (QED) is 0.254. The summed E-state index contributed by atoms with van der Waals surface area (Å²) in [5.74, 6) is -1.94. The van der Waals surface area contributed by atoms with Crippen LogP contribution in [0.15, 0.2) is 24.3 Å². The third-order valence-electron chi connectivity index (χ3n) is 7.02. The van der Waals surface area contributed by atoms with Gasteiger partial charge >= 0.3 is 6.03 Å². The number of amidine groups is 1. The number of nitrogens with one attached hydrogen (secondary N) is 2. The number of carbonyl (C=O) groups is 3. The van der Waals surface area contributed by atoms with Gasteiger partial charge in [0.1, 0.15) is 11.8 Å². The van der Waals surface area contributed by atoms with Crippen LogP contribution in [-0.4, -0.2) is 90.8 Å². The molecule has 2 aliphatic rings. The van der Waals surface area contributed by atoms with E-state index in [1.165, 1.54) is 4.90 Å². The molecule has 1 aromatic heterocycles. The molecular weight excluding hydrogens is 492 g/mol. The third kappa shape index (κ3) is 5.24. The molecular formula is C25H34N8O5. The summed E-state index contributed by atoms with van der Waals surface area (Å²) in [6.45, 7) is 5.55. The summed E-state index contributed by atoms with van der Waals surface area (Å²) >= 11 is 0. The Kier molecular flexibility index (Phi) is 7.51. The number of benzene rings is 1. The average molecular weight is 527 g/mol. The maximum Gasteiger partial charge on any atom is 0.326 e. The Balaban J connectivity index is 1.60. The molecule has 13 nitrogen and oxygen atoms in total. The highest BCUT2D eigenvalue weighted by molar-refractivity contribution is 5.99. The van der Waals surface area contributed by atoms with Crippen LogP contribution < -0.4 is 11.1 Å². The number of β-amino-alcohol motifs (C(OH)–C–C–N with tert-alkyl or cyclic N) is 1. The number of aromatic nitrogens is 3. The average Bonchev–Trinajstić information content (AvgIpc) is 3.58. The summed E-state index contributed by atoms with van der Waals surface area (Å²) < 4.78 is 1.07. The number of hydrogen-bond donors (Lipinski definition) is 5. The standard InChI is InChI=1S/C25H34N8O5/c1-14-11-32(24(38)31-9-8-17(35)12-31)21(36)18(14)20-29-23(33(30-20)22(37)25(2,3)13-34)28-10-15-4-6-16(7-5-15)19(26)27/h4-7,14,17-18,34-35H,8-13H2,1-3H3,(H3,26,27)(H,28,29,30). The molecule has 2 fully saturated rings. The van der Waals surface area contributed by atoms with Crippen LogP contribution in [0.3, 0.4) is 0 Å². The summed E-state index contributed by atoms with van der Waals surface area (Å²) in [6.07, 6.45) is -0.135. The van der Waals surface area contributed by atoms with E-state index in [9.17, 15) is 24.6 Å². The van der Waals surface area contributed by atoms with E-state index in [0.717, 1.165) is 15.1 Å². The lowest BCUT2D eigenvalue weighted by Crippen LogP contribution is -2.43. The topological polar surface area (TPSA) is 191 Å². The molecule has 4 rings (SSSR count). The number of aliphatic hydroxyl groups is 2. The van der Waals surface area contributed by atoms with Crippen molar-refractivity contribution in [2.24, 2.45) is 17.1 Å². The zero-order chi connectivity index (χ0) is 27.8. The smallest absolute Gasteiger partial charge is 0.326 e. The van der Waals surface area contributed by atoms with E-state index in [4.69, 9.17) is 11.1 Å². The molecule has 2 aromatic rings. The second kappa shape index (κ2) is 10.5. The molecule has 3 unspecified atom stereocenters. The summed E-state index contributed by atoms with van der Waals surface area (Å²) in [5, 5.41) is 34.6. The Labute approximate surface area is 220 Å². The molecule has 3 atom stereocenters. The number of anilines is 1. The molecule has 2 saturated heterocycles. The fourth-order valence-electron chi connectivity index (χ4n) is 4.57. The zero-order valence-corrected chi connectivity index (χ0v) is 21.7. The Hall–Kier alpha value is -3.84. The number of nitrogens with two attached hydrogens (primary N) is 1. The molecule has 1 aromatic carbocycles. The van der Waals surface area contributed by atoms with Crippen LogP contribution in [0.1, 0.15) is 54.9 Å². The molecule has 13 heteroatoms. The first kappa shape index (κ1) is 27.2. The highest BCUT2D eigenvalue weighted by Crippen LogP contribution is 2.34. The van der Waals surface area contributed by atoms with Crippen molar-refractivity contribution in [2.45, 2.75) is 45.8 Å². The number of amides is 3. The van der Waals surface area contributed by atoms with Crippen LogP contribution in [0.4, 0.5) is 10.7 Å². The van der Waals surface area contributed by atoms with Gasteiger partial charge in [-0.1, -0.05) is 31.2 Å². The van der Waals surface area contributed by atoms with Crippen molar-refractivity contribution >= 4 is 29.6 Å². The fourth-order valence-corrected chi connectivity index (χ4v) is 4.57. The maximum atomic E-state index is 13.4. The van der Waals surface area contributed by atoms with Crippen molar-refractivity contribution in [1.29, 1.82) is 5.41 Å². The number of likely N-dealkylation sites (tertiary alicyclic amines) is 2. The molecule has 0 spiro atoms. The van der Waals surface area contributed by atoms with E-state index in [2.05, 4.69) is 15.4 Å². The minimum atomic E-state index is -1.16. The maximum absolute atomic E-state index is 13.4. The first-order valence-corrected chi connectivity index (χ1v) is 12.5.